The predicted molar refractivity (Wildman–Crippen MR) is 87.1 cm³/mol. The number of amides is 1. The summed E-state index contributed by atoms with van der Waals surface area (Å²) in [4.78, 5) is 14.4. The zero-order chi connectivity index (χ0) is 14.2. The van der Waals surface area contributed by atoms with Crippen LogP contribution in [0.3, 0.4) is 0 Å². The standard InChI is InChI=1S/C17H25NOS/c1-2-20-14-12-17(19)18-13-6-9-16(18)11-10-15-7-4-3-5-8-15/h3-5,7-8,16H,2,6,9-14H2,1H3. The maximum absolute atomic E-state index is 12.3. The van der Waals surface area contributed by atoms with Crippen molar-refractivity contribution in [1.29, 1.82) is 0 Å². The Bertz CT molecular complexity index is 407. The van der Waals surface area contributed by atoms with Crippen molar-refractivity contribution in [2.45, 2.75) is 45.1 Å². The molecule has 1 heterocycles. The number of benzene rings is 1. The Morgan fingerprint density at radius 2 is 2.15 bits per heavy atom. The average molecular weight is 291 g/mol. The number of carbonyl (C=O) groups excluding carboxylic acids is 1. The number of hydrogen-bond donors (Lipinski definition) is 0. The van der Waals surface area contributed by atoms with E-state index >= 15 is 0 Å². The second-order valence-electron chi connectivity index (χ2n) is 5.35. The molecule has 1 aliphatic heterocycles. The first-order chi connectivity index (χ1) is 9.81. The van der Waals surface area contributed by atoms with Gasteiger partial charge in [-0.15, -0.1) is 0 Å². The molecule has 110 valence electrons. The molecule has 0 spiro atoms. The van der Waals surface area contributed by atoms with Crippen molar-refractivity contribution in [3.63, 3.8) is 0 Å². The molecule has 2 rings (SSSR count). The van der Waals surface area contributed by atoms with Crippen molar-refractivity contribution in [2.24, 2.45) is 0 Å². The largest absolute Gasteiger partial charge is 0.340 e. The molecular weight excluding hydrogens is 266 g/mol. The maximum Gasteiger partial charge on any atom is 0.223 e. The normalized spacial score (nSPS) is 18.4. The third-order valence-corrected chi connectivity index (χ3v) is 4.87. The predicted octanol–water partition coefficient (Wildman–Crippen LogP) is 3.75. The van der Waals surface area contributed by atoms with Crippen LogP contribution in [0.5, 0.6) is 0 Å². The third-order valence-electron chi connectivity index (χ3n) is 3.97. The fraction of sp³-hybridized carbons (Fsp3) is 0.588. The van der Waals surface area contributed by atoms with Crippen LogP contribution in [0.15, 0.2) is 30.3 Å². The van der Waals surface area contributed by atoms with E-state index in [1.54, 1.807) is 0 Å². The lowest BCUT2D eigenvalue weighted by atomic mass is 10.0. The van der Waals surface area contributed by atoms with Crippen molar-refractivity contribution in [3.8, 4) is 0 Å². The summed E-state index contributed by atoms with van der Waals surface area (Å²) in [6, 6.07) is 11.1. The molecular formula is C17H25NOS. The van der Waals surface area contributed by atoms with Crippen molar-refractivity contribution in [3.05, 3.63) is 35.9 Å². The van der Waals surface area contributed by atoms with Crippen LogP contribution in [-0.2, 0) is 11.2 Å². The van der Waals surface area contributed by atoms with Crippen LogP contribution < -0.4 is 0 Å². The van der Waals surface area contributed by atoms with Gasteiger partial charge < -0.3 is 4.90 Å². The molecule has 20 heavy (non-hydrogen) atoms. The summed E-state index contributed by atoms with van der Waals surface area (Å²) in [6.45, 7) is 3.11. The molecule has 0 saturated carbocycles. The van der Waals surface area contributed by atoms with E-state index in [4.69, 9.17) is 0 Å². The molecule has 3 heteroatoms. The topological polar surface area (TPSA) is 20.3 Å². The quantitative estimate of drug-likeness (QED) is 0.713. The minimum Gasteiger partial charge on any atom is -0.340 e. The third kappa shape index (κ3) is 4.55. The summed E-state index contributed by atoms with van der Waals surface area (Å²) >= 11 is 1.86. The summed E-state index contributed by atoms with van der Waals surface area (Å²) in [5.41, 5.74) is 1.38. The van der Waals surface area contributed by atoms with E-state index in [1.165, 1.54) is 18.4 Å². The fourth-order valence-corrected chi connectivity index (χ4v) is 3.50. The first-order valence-corrected chi connectivity index (χ1v) is 8.88. The SMILES string of the molecule is CCSCCC(=O)N1CCCC1CCc1ccccc1. The number of nitrogens with zero attached hydrogens (tertiary/aromatic N) is 1. The Morgan fingerprint density at radius 1 is 1.35 bits per heavy atom. The Kier molecular flexibility index (Phi) is 6.44. The van der Waals surface area contributed by atoms with Gasteiger partial charge in [-0.2, -0.15) is 11.8 Å². The summed E-state index contributed by atoms with van der Waals surface area (Å²) < 4.78 is 0. The molecule has 1 amide bonds. The van der Waals surface area contributed by atoms with Gasteiger partial charge in [-0.25, -0.2) is 0 Å². The van der Waals surface area contributed by atoms with Crippen LogP contribution in [-0.4, -0.2) is 34.9 Å². The summed E-state index contributed by atoms with van der Waals surface area (Å²) in [6.07, 6.45) is 5.25. The van der Waals surface area contributed by atoms with Gasteiger partial charge in [-0.1, -0.05) is 37.3 Å². The molecule has 1 aliphatic rings. The second kappa shape index (κ2) is 8.35. The molecule has 1 fully saturated rings. The number of rotatable bonds is 7. The monoisotopic (exact) mass is 291 g/mol. The first-order valence-electron chi connectivity index (χ1n) is 7.72. The number of carbonyl (C=O) groups is 1. The van der Waals surface area contributed by atoms with Gasteiger partial charge >= 0.3 is 0 Å². The van der Waals surface area contributed by atoms with Crippen molar-refractivity contribution < 1.29 is 4.79 Å². The van der Waals surface area contributed by atoms with Gasteiger partial charge in [0.15, 0.2) is 0 Å². The smallest absolute Gasteiger partial charge is 0.223 e. The highest BCUT2D eigenvalue weighted by molar-refractivity contribution is 7.99. The van der Waals surface area contributed by atoms with Gasteiger partial charge in [-0.05, 0) is 37.0 Å². The molecule has 0 bridgehead atoms. The molecule has 1 aromatic carbocycles. The van der Waals surface area contributed by atoms with Gasteiger partial charge in [0.05, 0.1) is 0 Å². The molecule has 2 nitrogen and oxygen atoms in total. The number of hydrogen-bond acceptors (Lipinski definition) is 2. The van der Waals surface area contributed by atoms with Crippen molar-refractivity contribution in [2.75, 3.05) is 18.1 Å². The first kappa shape index (κ1) is 15.4. The summed E-state index contributed by atoms with van der Waals surface area (Å²) in [7, 11) is 0. The van der Waals surface area contributed by atoms with E-state index in [9.17, 15) is 4.79 Å². The van der Waals surface area contributed by atoms with E-state index in [2.05, 4.69) is 42.2 Å². The highest BCUT2D eigenvalue weighted by Gasteiger charge is 2.27. The summed E-state index contributed by atoms with van der Waals surface area (Å²) in [5, 5.41) is 0. The Morgan fingerprint density at radius 3 is 2.90 bits per heavy atom. The fourth-order valence-electron chi connectivity index (χ4n) is 2.89. The van der Waals surface area contributed by atoms with E-state index in [-0.39, 0.29) is 0 Å². The number of aryl methyl sites for hydroxylation is 1. The highest BCUT2D eigenvalue weighted by Crippen LogP contribution is 2.23. The molecule has 1 saturated heterocycles. The molecule has 0 aliphatic carbocycles. The van der Waals surface area contributed by atoms with Gasteiger partial charge in [0.1, 0.15) is 0 Å². The molecule has 0 N–H and O–H groups in total. The van der Waals surface area contributed by atoms with Crippen molar-refractivity contribution >= 4 is 17.7 Å². The minimum atomic E-state index is 0.363. The van der Waals surface area contributed by atoms with Gasteiger partial charge in [-0.3, -0.25) is 4.79 Å². The van der Waals surface area contributed by atoms with Gasteiger partial charge in [0.2, 0.25) is 5.91 Å². The van der Waals surface area contributed by atoms with Crippen LogP contribution in [0, 0.1) is 0 Å². The van der Waals surface area contributed by atoms with Crippen LogP contribution in [0.1, 0.15) is 38.2 Å². The zero-order valence-electron chi connectivity index (χ0n) is 12.4. The lowest BCUT2D eigenvalue weighted by Crippen LogP contribution is -2.36. The molecule has 1 aromatic rings. The van der Waals surface area contributed by atoms with Gasteiger partial charge in [0.25, 0.3) is 0 Å². The van der Waals surface area contributed by atoms with Crippen LogP contribution in [0.2, 0.25) is 0 Å². The van der Waals surface area contributed by atoms with Crippen LogP contribution >= 0.6 is 11.8 Å². The van der Waals surface area contributed by atoms with Crippen molar-refractivity contribution in [1.82, 2.24) is 4.90 Å². The minimum absolute atomic E-state index is 0.363. The van der Waals surface area contributed by atoms with E-state index in [0.29, 0.717) is 18.4 Å². The zero-order valence-corrected chi connectivity index (χ0v) is 13.2. The Balaban J connectivity index is 1.79. The molecule has 1 unspecified atom stereocenters. The van der Waals surface area contributed by atoms with Crippen LogP contribution in [0.25, 0.3) is 0 Å². The Labute approximate surface area is 126 Å². The second-order valence-corrected chi connectivity index (χ2v) is 6.75. The molecule has 1 atom stereocenters. The van der Waals surface area contributed by atoms with E-state index < -0.39 is 0 Å². The maximum atomic E-state index is 12.3. The molecule has 0 aromatic heterocycles. The van der Waals surface area contributed by atoms with E-state index in [0.717, 1.165) is 30.9 Å². The number of thioether (sulfide) groups is 1. The van der Waals surface area contributed by atoms with Crippen LogP contribution in [0.4, 0.5) is 0 Å². The highest BCUT2D eigenvalue weighted by atomic mass is 32.2. The summed E-state index contributed by atoms with van der Waals surface area (Å²) in [5.74, 6) is 2.43. The number of likely N-dealkylation sites (tertiary alicyclic amines) is 1. The lowest BCUT2D eigenvalue weighted by Gasteiger charge is -2.25. The molecule has 0 radical (unpaired) electrons. The lowest BCUT2D eigenvalue weighted by molar-refractivity contribution is -0.131. The van der Waals surface area contributed by atoms with Gasteiger partial charge in [0, 0.05) is 24.8 Å². The van der Waals surface area contributed by atoms with E-state index in [1.807, 2.05) is 11.8 Å². The average Bonchev–Trinajstić information content (AvgIpc) is 2.95. The Hall–Kier alpha value is -0.960.